The molecule has 4 aromatic rings. The number of aryl methyl sites for hydroxylation is 1. The van der Waals surface area contributed by atoms with Crippen molar-refractivity contribution in [2.24, 2.45) is 0 Å². The minimum absolute atomic E-state index is 0.0578. The fourth-order valence-corrected chi connectivity index (χ4v) is 5.68. The summed E-state index contributed by atoms with van der Waals surface area (Å²) in [5.41, 5.74) is 3.59. The minimum Gasteiger partial charge on any atom is -0.437 e. The highest BCUT2D eigenvalue weighted by Gasteiger charge is 2.24. The predicted octanol–water partition coefficient (Wildman–Crippen LogP) is 5.67. The summed E-state index contributed by atoms with van der Waals surface area (Å²) in [6.07, 6.45) is 9.46. The van der Waals surface area contributed by atoms with Crippen molar-refractivity contribution in [3.63, 3.8) is 0 Å². The number of rotatable bonds is 7. The third-order valence-corrected chi connectivity index (χ3v) is 7.81. The molecule has 1 aliphatic heterocycles. The topological polar surface area (TPSA) is 104 Å². The second kappa shape index (κ2) is 11.6. The summed E-state index contributed by atoms with van der Waals surface area (Å²) in [5.74, 6) is 1.87. The Bertz CT molecular complexity index is 1440. The minimum atomic E-state index is -0.326. The molecule has 2 fully saturated rings. The molecule has 4 N–H and O–H groups in total. The monoisotopic (exact) mass is 524 g/mol. The molecular weight excluding hydrogens is 488 g/mol. The lowest BCUT2D eigenvalue weighted by molar-refractivity contribution is 0.116. The molecule has 0 unspecified atom stereocenters. The van der Waals surface area contributed by atoms with Gasteiger partial charge in [0.2, 0.25) is 11.8 Å². The van der Waals surface area contributed by atoms with Gasteiger partial charge in [-0.15, -0.1) is 0 Å². The van der Waals surface area contributed by atoms with Gasteiger partial charge in [-0.05, 0) is 69.0 Å². The number of piperidine rings is 1. The molecule has 8 nitrogen and oxygen atoms in total. The normalized spacial score (nSPS) is 21.4. The number of hydrogen-bond acceptors (Lipinski definition) is 8. The summed E-state index contributed by atoms with van der Waals surface area (Å²) < 4.78 is 6.58. The summed E-state index contributed by atoms with van der Waals surface area (Å²) >= 11 is 0. The molecule has 0 bridgehead atoms. The van der Waals surface area contributed by atoms with Crippen molar-refractivity contribution in [2.75, 3.05) is 23.7 Å². The van der Waals surface area contributed by atoms with Crippen LogP contribution in [0.5, 0.6) is 11.6 Å². The number of anilines is 2. The molecule has 0 amide bonds. The standard InChI is InChI=1S/C31H36N6O2/c1-20-13-14-22-23(8-4-11-25(22)36-27-10-2-3-12-28(27)38)29(20)39-30-24(9-6-17-33-30)26-15-18-34-31(37-26)35-21-7-5-16-32-19-21/h4,6,8-9,11,13-15,17-18,21,27-28,32,36,38H,2-3,5,7,10,12,16,19H2,1H3,(H,34,35,37)/t21-,27+,28+/m0/s1. The summed E-state index contributed by atoms with van der Waals surface area (Å²) in [6, 6.07) is 16.5. The van der Waals surface area contributed by atoms with Crippen molar-refractivity contribution in [3.05, 3.63) is 66.5 Å². The van der Waals surface area contributed by atoms with E-state index in [0.29, 0.717) is 17.9 Å². The molecule has 2 aromatic heterocycles. The number of hydrogen-bond donors (Lipinski definition) is 4. The molecule has 0 radical (unpaired) electrons. The zero-order valence-electron chi connectivity index (χ0n) is 22.4. The number of benzene rings is 2. The van der Waals surface area contributed by atoms with Crippen LogP contribution in [0.25, 0.3) is 22.0 Å². The van der Waals surface area contributed by atoms with Gasteiger partial charge in [-0.3, -0.25) is 0 Å². The largest absolute Gasteiger partial charge is 0.437 e. The van der Waals surface area contributed by atoms with Crippen LogP contribution in [0.3, 0.4) is 0 Å². The Kier molecular flexibility index (Phi) is 7.56. The van der Waals surface area contributed by atoms with E-state index in [4.69, 9.17) is 9.72 Å². The Morgan fingerprint density at radius 2 is 1.82 bits per heavy atom. The average Bonchev–Trinajstić information content (AvgIpc) is 2.97. The molecule has 0 spiro atoms. The maximum Gasteiger partial charge on any atom is 0.228 e. The second-order valence-electron chi connectivity index (χ2n) is 10.6. The first kappa shape index (κ1) is 25.5. The lowest BCUT2D eigenvalue weighted by atomic mass is 9.92. The number of ether oxygens (including phenoxy) is 1. The lowest BCUT2D eigenvalue weighted by Gasteiger charge is -2.29. The maximum absolute atomic E-state index is 10.5. The molecule has 2 aliphatic rings. The fourth-order valence-electron chi connectivity index (χ4n) is 5.68. The van der Waals surface area contributed by atoms with E-state index < -0.39 is 0 Å². The summed E-state index contributed by atoms with van der Waals surface area (Å²) in [4.78, 5) is 13.9. The number of aromatic nitrogens is 3. The Morgan fingerprint density at radius 1 is 0.897 bits per heavy atom. The molecule has 8 heteroatoms. The second-order valence-corrected chi connectivity index (χ2v) is 10.6. The molecule has 1 saturated heterocycles. The van der Waals surface area contributed by atoms with Gasteiger partial charge in [-0.2, -0.15) is 0 Å². The molecular formula is C31H36N6O2. The van der Waals surface area contributed by atoms with Gasteiger partial charge < -0.3 is 25.8 Å². The molecule has 202 valence electrons. The molecule has 6 rings (SSSR count). The van der Waals surface area contributed by atoms with E-state index in [1.807, 2.05) is 31.2 Å². The van der Waals surface area contributed by atoms with Crippen LogP contribution in [0, 0.1) is 6.92 Å². The van der Waals surface area contributed by atoms with Crippen molar-refractivity contribution < 1.29 is 9.84 Å². The predicted molar refractivity (Wildman–Crippen MR) is 155 cm³/mol. The lowest BCUT2D eigenvalue weighted by Crippen LogP contribution is -2.38. The highest BCUT2D eigenvalue weighted by molar-refractivity contribution is 5.98. The number of aliphatic hydroxyl groups excluding tert-OH is 1. The van der Waals surface area contributed by atoms with Crippen LogP contribution in [-0.4, -0.2) is 51.3 Å². The third-order valence-electron chi connectivity index (χ3n) is 7.81. The van der Waals surface area contributed by atoms with Crippen molar-refractivity contribution in [2.45, 2.75) is 63.6 Å². The number of aliphatic hydroxyl groups is 1. The van der Waals surface area contributed by atoms with Crippen molar-refractivity contribution in [1.29, 1.82) is 0 Å². The molecule has 1 saturated carbocycles. The Hall–Kier alpha value is -3.75. The van der Waals surface area contributed by atoms with Gasteiger partial charge in [0.25, 0.3) is 0 Å². The molecule has 3 atom stereocenters. The first-order chi connectivity index (χ1) is 19.2. The van der Waals surface area contributed by atoms with Gasteiger partial charge in [-0.25, -0.2) is 15.0 Å². The highest BCUT2D eigenvalue weighted by Crippen LogP contribution is 2.39. The van der Waals surface area contributed by atoms with E-state index in [1.54, 1.807) is 12.4 Å². The number of fused-ring (bicyclic) bond motifs is 1. The molecule has 39 heavy (non-hydrogen) atoms. The van der Waals surface area contributed by atoms with Crippen LogP contribution in [0.2, 0.25) is 0 Å². The van der Waals surface area contributed by atoms with Gasteiger partial charge in [0.05, 0.1) is 23.4 Å². The SMILES string of the molecule is Cc1ccc2c(N[C@@H]3CCCC[C@H]3O)cccc2c1Oc1ncccc1-c1ccnc(N[C@H]2CCCNC2)n1. The van der Waals surface area contributed by atoms with Gasteiger partial charge in [-0.1, -0.05) is 37.1 Å². The van der Waals surface area contributed by atoms with Gasteiger partial charge in [0.15, 0.2) is 0 Å². The van der Waals surface area contributed by atoms with Gasteiger partial charge in [0, 0.05) is 41.4 Å². The fraction of sp³-hybridized carbons (Fsp3) is 0.387. The first-order valence-corrected chi connectivity index (χ1v) is 14.1. The van der Waals surface area contributed by atoms with Crippen LogP contribution in [0.1, 0.15) is 44.1 Å². The maximum atomic E-state index is 10.5. The zero-order valence-corrected chi connectivity index (χ0v) is 22.4. The Morgan fingerprint density at radius 3 is 2.69 bits per heavy atom. The van der Waals surface area contributed by atoms with Crippen LogP contribution in [0.15, 0.2) is 60.9 Å². The Balaban J connectivity index is 1.31. The summed E-state index contributed by atoms with van der Waals surface area (Å²) in [6.45, 7) is 4.02. The van der Waals surface area contributed by atoms with E-state index in [9.17, 15) is 5.11 Å². The number of nitrogens with one attached hydrogen (secondary N) is 3. The summed E-state index contributed by atoms with van der Waals surface area (Å²) in [5, 5.41) is 23.1. The van der Waals surface area contributed by atoms with Gasteiger partial charge in [0.1, 0.15) is 5.75 Å². The Labute approximate surface area is 229 Å². The first-order valence-electron chi connectivity index (χ1n) is 14.1. The van der Waals surface area contributed by atoms with Crippen molar-refractivity contribution in [3.8, 4) is 22.9 Å². The van der Waals surface area contributed by atoms with E-state index in [-0.39, 0.29) is 12.1 Å². The smallest absolute Gasteiger partial charge is 0.228 e. The van der Waals surface area contributed by atoms with E-state index in [1.165, 1.54) is 0 Å². The van der Waals surface area contributed by atoms with Crippen molar-refractivity contribution in [1.82, 2.24) is 20.3 Å². The van der Waals surface area contributed by atoms with Crippen LogP contribution in [0.4, 0.5) is 11.6 Å². The van der Waals surface area contributed by atoms with E-state index >= 15 is 0 Å². The number of pyridine rings is 1. The molecule has 2 aromatic carbocycles. The zero-order chi connectivity index (χ0) is 26.6. The average molecular weight is 525 g/mol. The van der Waals surface area contributed by atoms with Gasteiger partial charge >= 0.3 is 0 Å². The molecule has 3 heterocycles. The van der Waals surface area contributed by atoms with E-state index in [0.717, 1.165) is 90.6 Å². The molecule has 1 aliphatic carbocycles. The van der Waals surface area contributed by atoms with E-state index in [2.05, 4.69) is 50.2 Å². The quantitative estimate of drug-likeness (QED) is 0.245. The highest BCUT2D eigenvalue weighted by atomic mass is 16.5. The van der Waals surface area contributed by atoms with Crippen molar-refractivity contribution >= 4 is 22.4 Å². The summed E-state index contributed by atoms with van der Waals surface area (Å²) in [7, 11) is 0. The van der Waals surface area contributed by atoms with Crippen LogP contribution in [-0.2, 0) is 0 Å². The number of nitrogens with zero attached hydrogens (tertiary/aromatic N) is 3. The van der Waals surface area contributed by atoms with Crippen LogP contribution >= 0.6 is 0 Å². The third kappa shape index (κ3) is 5.67. The van der Waals surface area contributed by atoms with Crippen LogP contribution < -0.4 is 20.7 Å².